The number of carbonyl (C=O) groups is 1. The summed E-state index contributed by atoms with van der Waals surface area (Å²) in [5.41, 5.74) is 0.513. The Morgan fingerprint density at radius 2 is 1.78 bits per heavy atom. The topological polar surface area (TPSA) is 95.5 Å². The maximum Gasteiger partial charge on any atom is 0.251 e. The Balaban J connectivity index is 1.42. The summed E-state index contributed by atoms with van der Waals surface area (Å²) in [4.78, 5) is 22.2. The summed E-state index contributed by atoms with van der Waals surface area (Å²) in [6.07, 6.45) is 5.20. The molecule has 2 aromatic heterocycles. The van der Waals surface area contributed by atoms with Crippen LogP contribution in [0.1, 0.15) is 16.8 Å². The fourth-order valence-electron chi connectivity index (χ4n) is 2.93. The molecule has 9 heteroatoms. The van der Waals surface area contributed by atoms with Gasteiger partial charge in [0, 0.05) is 56.9 Å². The van der Waals surface area contributed by atoms with Crippen molar-refractivity contribution in [2.45, 2.75) is 6.42 Å². The molecule has 1 aliphatic rings. The van der Waals surface area contributed by atoms with E-state index in [4.69, 9.17) is 0 Å². The number of hydrogen-bond acceptors (Lipinski definition) is 6. The SMILES string of the molecule is O=C(NCCCS(=O)(=O)N1CCN(c2ccccn2)CC1)c1ccncc1. The standard InChI is InChI=1S/C18H23N5O3S/c24-18(16-5-9-19-10-6-16)21-8-3-15-27(25,26)23-13-11-22(12-14-23)17-4-1-2-7-20-17/h1-2,4-7,9-10H,3,8,11-15H2,(H,21,24). The number of rotatable bonds is 7. The van der Waals surface area contributed by atoms with Gasteiger partial charge in [0.2, 0.25) is 10.0 Å². The summed E-state index contributed by atoms with van der Waals surface area (Å²) < 4.78 is 26.6. The van der Waals surface area contributed by atoms with E-state index in [1.54, 1.807) is 30.7 Å². The van der Waals surface area contributed by atoms with Gasteiger partial charge in [0.05, 0.1) is 5.75 Å². The van der Waals surface area contributed by atoms with Crippen molar-refractivity contribution in [1.82, 2.24) is 19.6 Å². The lowest BCUT2D eigenvalue weighted by molar-refractivity contribution is 0.0953. The van der Waals surface area contributed by atoms with Crippen molar-refractivity contribution in [2.75, 3.05) is 43.4 Å². The highest BCUT2D eigenvalue weighted by Crippen LogP contribution is 2.15. The summed E-state index contributed by atoms with van der Waals surface area (Å²) in [7, 11) is -3.33. The second-order valence-electron chi connectivity index (χ2n) is 6.24. The molecule has 3 rings (SSSR count). The van der Waals surface area contributed by atoms with Crippen LogP contribution in [0.4, 0.5) is 5.82 Å². The lowest BCUT2D eigenvalue weighted by atomic mass is 10.2. The van der Waals surface area contributed by atoms with E-state index in [0.29, 0.717) is 44.7 Å². The number of carbonyl (C=O) groups excluding carboxylic acids is 1. The highest BCUT2D eigenvalue weighted by Gasteiger charge is 2.26. The molecule has 0 spiro atoms. The molecule has 0 unspecified atom stereocenters. The van der Waals surface area contributed by atoms with E-state index in [1.807, 2.05) is 18.2 Å². The maximum absolute atomic E-state index is 12.5. The Labute approximate surface area is 159 Å². The lowest BCUT2D eigenvalue weighted by Gasteiger charge is -2.34. The first kappa shape index (κ1) is 19.2. The van der Waals surface area contributed by atoms with Crippen molar-refractivity contribution in [1.29, 1.82) is 0 Å². The van der Waals surface area contributed by atoms with Gasteiger partial charge in [0.25, 0.3) is 5.91 Å². The van der Waals surface area contributed by atoms with Crippen molar-refractivity contribution in [3.05, 3.63) is 54.5 Å². The molecule has 27 heavy (non-hydrogen) atoms. The summed E-state index contributed by atoms with van der Waals surface area (Å²) in [5, 5.41) is 2.74. The van der Waals surface area contributed by atoms with Crippen LogP contribution >= 0.6 is 0 Å². The number of nitrogens with one attached hydrogen (secondary N) is 1. The molecule has 0 atom stereocenters. The van der Waals surface area contributed by atoms with Crippen molar-refractivity contribution in [3.8, 4) is 0 Å². The minimum Gasteiger partial charge on any atom is -0.354 e. The van der Waals surface area contributed by atoms with Crippen LogP contribution < -0.4 is 10.2 Å². The molecule has 2 aromatic rings. The van der Waals surface area contributed by atoms with E-state index in [2.05, 4.69) is 20.2 Å². The first-order valence-corrected chi connectivity index (χ1v) is 10.5. The van der Waals surface area contributed by atoms with Crippen molar-refractivity contribution >= 4 is 21.7 Å². The molecule has 1 saturated heterocycles. The average molecular weight is 389 g/mol. The van der Waals surface area contributed by atoms with Gasteiger partial charge >= 0.3 is 0 Å². The van der Waals surface area contributed by atoms with Crippen LogP contribution in [0.25, 0.3) is 0 Å². The van der Waals surface area contributed by atoms with Gasteiger partial charge in [0.1, 0.15) is 5.82 Å². The van der Waals surface area contributed by atoms with Crippen LogP contribution in [0.5, 0.6) is 0 Å². The Hall–Kier alpha value is -2.52. The Bertz CT molecular complexity index is 838. The number of aromatic nitrogens is 2. The monoisotopic (exact) mass is 389 g/mol. The third-order valence-corrected chi connectivity index (χ3v) is 6.37. The van der Waals surface area contributed by atoms with Gasteiger partial charge in [-0.1, -0.05) is 6.07 Å². The summed E-state index contributed by atoms with van der Waals surface area (Å²) in [5.74, 6) is 0.667. The van der Waals surface area contributed by atoms with E-state index in [1.165, 1.54) is 4.31 Å². The molecule has 1 N–H and O–H groups in total. The summed E-state index contributed by atoms with van der Waals surface area (Å²) >= 11 is 0. The zero-order chi connectivity index (χ0) is 19.1. The molecular formula is C18H23N5O3S. The van der Waals surface area contributed by atoms with Gasteiger partial charge < -0.3 is 10.2 Å². The molecule has 8 nitrogen and oxygen atoms in total. The fraction of sp³-hybridized carbons (Fsp3) is 0.389. The highest BCUT2D eigenvalue weighted by molar-refractivity contribution is 7.89. The van der Waals surface area contributed by atoms with Crippen LogP contribution in [0.15, 0.2) is 48.9 Å². The molecule has 0 aliphatic carbocycles. The molecule has 0 bridgehead atoms. The van der Waals surface area contributed by atoms with Gasteiger partial charge in [-0.05, 0) is 30.7 Å². The van der Waals surface area contributed by atoms with E-state index in [9.17, 15) is 13.2 Å². The first-order valence-electron chi connectivity index (χ1n) is 8.88. The zero-order valence-corrected chi connectivity index (χ0v) is 15.8. The van der Waals surface area contributed by atoms with Gasteiger partial charge in [-0.25, -0.2) is 13.4 Å². The van der Waals surface area contributed by atoms with Crippen LogP contribution in [0.2, 0.25) is 0 Å². The molecule has 144 valence electrons. The maximum atomic E-state index is 12.5. The summed E-state index contributed by atoms with van der Waals surface area (Å²) in [6, 6.07) is 8.94. The van der Waals surface area contributed by atoms with E-state index in [0.717, 1.165) is 5.82 Å². The van der Waals surface area contributed by atoms with Crippen molar-refractivity contribution < 1.29 is 13.2 Å². The summed E-state index contributed by atoms with van der Waals surface area (Å²) in [6.45, 7) is 2.45. The average Bonchev–Trinajstić information content (AvgIpc) is 2.72. The van der Waals surface area contributed by atoms with E-state index < -0.39 is 10.0 Å². The number of anilines is 1. The molecule has 0 aromatic carbocycles. The van der Waals surface area contributed by atoms with Crippen LogP contribution in [-0.4, -0.2) is 67.1 Å². The van der Waals surface area contributed by atoms with E-state index in [-0.39, 0.29) is 11.7 Å². The number of piperazine rings is 1. The quantitative estimate of drug-likeness (QED) is 0.702. The van der Waals surface area contributed by atoms with E-state index >= 15 is 0 Å². The Morgan fingerprint density at radius 3 is 2.44 bits per heavy atom. The van der Waals surface area contributed by atoms with Crippen LogP contribution in [-0.2, 0) is 10.0 Å². The largest absolute Gasteiger partial charge is 0.354 e. The first-order chi connectivity index (χ1) is 13.1. The lowest BCUT2D eigenvalue weighted by Crippen LogP contribution is -2.49. The Morgan fingerprint density at radius 1 is 1.04 bits per heavy atom. The third kappa shape index (κ3) is 5.24. The van der Waals surface area contributed by atoms with Crippen LogP contribution in [0.3, 0.4) is 0 Å². The third-order valence-electron chi connectivity index (χ3n) is 4.41. The van der Waals surface area contributed by atoms with Gasteiger partial charge in [-0.3, -0.25) is 9.78 Å². The number of amides is 1. The van der Waals surface area contributed by atoms with Crippen LogP contribution in [0, 0.1) is 0 Å². The molecule has 1 aliphatic heterocycles. The minimum atomic E-state index is -3.33. The normalized spacial score (nSPS) is 15.5. The fourth-order valence-corrected chi connectivity index (χ4v) is 4.41. The number of hydrogen-bond donors (Lipinski definition) is 1. The zero-order valence-electron chi connectivity index (χ0n) is 15.0. The minimum absolute atomic E-state index is 0.0210. The molecule has 1 amide bonds. The molecule has 1 fully saturated rings. The van der Waals surface area contributed by atoms with Gasteiger partial charge in [-0.15, -0.1) is 0 Å². The van der Waals surface area contributed by atoms with Crippen molar-refractivity contribution in [3.63, 3.8) is 0 Å². The predicted octanol–water partition coefficient (Wildman–Crippen LogP) is 0.749. The molecular weight excluding hydrogens is 366 g/mol. The Kier molecular flexibility index (Phi) is 6.36. The molecule has 3 heterocycles. The molecule has 0 saturated carbocycles. The number of sulfonamides is 1. The number of nitrogens with zero attached hydrogens (tertiary/aromatic N) is 4. The molecule has 0 radical (unpaired) electrons. The smallest absolute Gasteiger partial charge is 0.251 e. The highest BCUT2D eigenvalue weighted by atomic mass is 32.2. The number of pyridine rings is 2. The van der Waals surface area contributed by atoms with Crippen molar-refractivity contribution in [2.24, 2.45) is 0 Å². The van der Waals surface area contributed by atoms with Gasteiger partial charge in [0.15, 0.2) is 0 Å². The second-order valence-corrected chi connectivity index (χ2v) is 8.32. The second kappa shape index (κ2) is 8.92. The van der Waals surface area contributed by atoms with Gasteiger partial charge in [-0.2, -0.15) is 4.31 Å². The predicted molar refractivity (Wildman–Crippen MR) is 103 cm³/mol.